The first-order chi connectivity index (χ1) is 13.0. The molecule has 27 heavy (non-hydrogen) atoms. The van der Waals surface area contributed by atoms with Crippen molar-refractivity contribution in [3.63, 3.8) is 0 Å². The summed E-state index contributed by atoms with van der Waals surface area (Å²) in [6, 6.07) is 15.3. The van der Waals surface area contributed by atoms with Crippen LogP contribution in [0.2, 0.25) is 5.02 Å². The van der Waals surface area contributed by atoms with Crippen LogP contribution < -0.4 is 0 Å². The van der Waals surface area contributed by atoms with E-state index in [4.69, 9.17) is 11.6 Å². The van der Waals surface area contributed by atoms with Crippen LogP contribution >= 0.6 is 11.6 Å². The lowest BCUT2D eigenvalue weighted by Gasteiger charge is -2.22. The molecule has 4 nitrogen and oxygen atoms in total. The molecule has 0 aromatic heterocycles. The number of benzene rings is 2. The van der Waals surface area contributed by atoms with Gasteiger partial charge < -0.3 is 9.80 Å². The van der Waals surface area contributed by atoms with Crippen molar-refractivity contribution in [2.24, 2.45) is 0 Å². The van der Waals surface area contributed by atoms with E-state index < -0.39 is 0 Å². The monoisotopic (exact) mass is 384 g/mol. The van der Waals surface area contributed by atoms with Crippen LogP contribution in [0, 0.1) is 6.92 Å². The van der Waals surface area contributed by atoms with Gasteiger partial charge >= 0.3 is 0 Å². The zero-order valence-corrected chi connectivity index (χ0v) is 16.4. The van der Waals surface area contributed by atoms with E-state index in [-0.39, 0.29) is 11.8 Å². The average molecular weight is 385 g/mol. The van der Waals surface area contributed by atoms with Crippen molar-refractivity contribution < 1.29 is 9.59 Å². The Labute approximate surface area is 165 Å². The van der Waals surface area contributed by atoms with Crippen molar-refractivity contribution in [3.05, 3.63) is 70.2 Å². The Kier molecular flexibility index (Phi) is 6.51. The molecule has 1 aliphatic rings. The summed E-state index contributed by atoms with van der Waals surface area (Å²) in [5.74, 6) is 0.164. The maximum atomic E-state index is 12.7. The Morgan fingerprint density at radius 3 is 2.22 bits per heavy atom. The molecule has 1 aliphatic heterocycles. The average Bonchev–Trinajstić information content (AvgIpc) is 2.94. The Bertz CT molecular complexity index is 787. The summed E-state index contributed by atoms with van der Waals surface area (Å²) in [5.41, 5.74) is 3.05. The Hall–Kier alpha value is -2.33. The maximum absolute atomic E-state index is 12.7. The molecule has 5 heteroatoms. The van der Waals surface area contributed by atoms with Crippen molar-refractivity contribution in [2.45, 2.75) is 26.2 Å². The number of halogens is 1. The minimum absolute atomic E-state index is 0.000575. The number of nitrogens with zero attached hydrogens (tertiary/aromatic N) is 2. The molecule has 0 aliphatic carbocycles. The predicted molar refractivity (Wildman–Crippen MR) is 108 cm³/mol. The molecule has 0 spiro atoms. The highest BCUT2D eigenvalue weighted by atomic mass is 35.5. The summed E-state index contributed by atoms with van der Waals surface area (Å²) in [5, 5.41) is 0.618. The summed E-state index contributed by atoms with van der Waals surface area (Å²) in [4.78, 5) is 29.0. The Morgan fingerprint density at radius 2 is 1.52 bits per heavy atom. The minimum atomic E-state index is 0.000575. The van der Waals surface area contributed by atoms with Gasteiger partial charge in [-0.3, -0.25) is 9.59 Å². The highest BCUT2D eigenvalue weighted by Gasteiger charge is 2.22. The first-order valence-electron chi connectivity index (χ1n) is 9.41. The van der Waals surface area contributed by atoms with Gasteiger partial charge in [0.15, 0.2) is 0 Å². The van der Waals surface area contributed by atoms with Gasteiger partial charge in [-0.25, -0.2) is 0 Å². The van der Waals surface area contributed by atoms with Crippen molar-refractivity contribution in [2.75, 3.05) is 26.2 Å². The van der Waals surface area contributed by atoms with Crippen LogP contribution in [0.25, 0.3) is 0 Å². The number of carbonyl (C=O) groups excluding carboxylic acids is 2. The molecule has 3 rings (SSSR count). The van der Waals surface area contributed by atoms with Gasteiger partial charge in [0.05, 0.1) is 0 Å². The summed E-state index contributed by atoms with van der Waals surface area (Å²) in [6.07, 6.45) is 2.06. The normalized spacial score (nSPS) is 14.7. The quantitative estimate of drug-likeness (QED) is 0.800. The van der Waals surface area contributed by atoms with Gasteiger partial charge in [-0.05, 0) is 49.6 Å². The molecule has 0 saturated carbocycles. The molecule has 0 atom stereocenters. The lowest BCUT2D eigenvalue weighted by Crippen LogP contribution is -2.37. The lowest BCUT2D eigenvalue weighted by atomic mass is 10.1. The molecule has 0 N–H and O–H groups in total. The molecular weight excluding hydrogens is 360 g/mol. The summed E-state index contributed by atoms with van der Waals surface area (Å²) in [7, 11) is 0. The van der Waals surface area contributed by atoms with E-state index >= 15 is 0 Å². The topological polar surface area (TPSA) is 40.6 Å². The molecule has 0 unspecified atom stereocenters. The van der Waals surface area contributed by atoms with Crippen LogP contribution in [0.4, 0.5) is 0 Å². The van der Waals surface area contributed by atoms with E-state index in [1.807, 2.05) is 9.80 Å². The van der Waals surface area contributed by atoms with Crippen molar-refractivity contribution in [1.82, 2.24) is 9.80 Å². The highest BCUT2D eigenvalue weighted by molar-refractivity contribution is 6.30. The number of aryl methyl sites for hydroxylation is 2. The van der Waals surface area contributed by atoms with E-state index in [0.29, 0.717) is 43.2 Å². The van der Waals surface area contributed by atoms with Gasteiger partial charge in [0.2, 0.25) is 5.91 Å². The van der Waals surface area contributed by atoms with Crippen molar-refractivity contribution in [3.8, 4) is 0 Å². The second kappa shape index (κ2) is 9.05. The fourth-order valence-electron chi connectivity index (χ4n) is 3.31. The number of hydrogen-bond acceptors (Lipinski definition) is 2. The van der Waals surface area contributed by atoms with E-state index in [1.165, 1.54) is 11.1 Å². The van der Waals surface area contributed by atoms with Crippen LogP contribution in [0.15, 0.2) is 48.5 Å². The summed E-state index contributed by atoms with van der Waals surface area (Å²) >= 11 is 5.89. The second-order valence-electron chi connectivity index (χ2n) is 7.02. The summed E-state index contributed by atoms with van der Waals surface area (Å²) in [6.45, 7) is 4.59. The smallest absolute Gasteiger partial charge is 0.253 e. The molecule has 2 amide bonds. The molecule has 1 fully saturated rings. The standard InChI is InChI=1S/C22H25ClN2O2/c1-17-3-5-18(6-4-17)7-12-21(26)24-13-2-14-25(16-15-24)22(27)19-8-10-20(23)11-9-19/h3-6,8-11H,2,7,12-16H2,1H3. The SMILES string of the molecule is Cc1ccc(CCC(=O)N2CCCN(C(=O)c3ccc(Cl)cc3)CC2)cc1. The van der Waals surface area contributed by atoms with Crippen LogP contribution in [0.5, 0.6) is 0 Å². The molecule has 2 aromatic carbocycles. The molecule has 142 valence electrons. The number of amides is 2. The first kappa shape index (κ1) is 19.4. The van der Waals surface area contributed by atoms with Crippen molar-refractivity contribution >= 4 is 23.4 Å². The Balaban J connectivity index is 1.52. The molecule has 1 heterocycles. The van der Waals surface area contributed by atoms with Crippen LogP contribution in [-0.4, -0.2) is 47.8 Å². The third kappa shape index (κ3) is 5.33. The zero-order valence-electron chi connectivity index (χ0n) is 15.7. The molecule has 2 aromatic rings. The van der Waals surface area contributed by atoms with E-state index in [9.17, 15) is 9.59 Å². The van der Waals surface area contributed by atoms with Crippen LogP contribution in [0.1, 0.15) is 34.3 Å². The second-order valence-corrected chi connectivity index (χ2v) is 7.46. The van der Waals surface area contributed by atoms with Gasteiger partial charge in [-0.2, -0.15) is 0 Å². The first-order valence-corrected chi connectivity index (χ1v) is 9.79. The molecule has 0 bridgehead atoms. The molecular formula is C22H25ClN2O2. The fraction of sp³-hybridized carbons (Fsp3) is 0.364. The van der Waals surface area contributed by atoms with E-state index in [2.05, 4.69) is 31.2 Å². The third-order valence-corrected chi connectivity index (χ3v) is 5.23. The number of hydrogen-bond donors (Lipinski definition) is 0. The third-order valence-electron chi connectivity index (χ3n) is 4.98. The molecule has 0 radical (unpaired) electrons. The van der Waals surface area contributed by atoms with Gasteiger partial charge in [-0.1, -0.05) is 41.4 Å². The molecule has 1 saturated heterocycles. The van der Waals surface area contributed by atoms with Gasteiger partial charge in [0, 0.05) is 43.2 Å². The van der Waals surface area contributed by atoms with Crippen molar-refractivity contribution in [1.29, 1.82) is 0 Å². The van der Waals surface area contributed by atoms with Gasteiger partial charge in [0.1, 0.15) is 0 Å². The Morgan fingerprint density at radius 1 is 0.889 bits per heavy atom. The van der Waals surface area contributed by atoms with Crippen LogP contribution in [-0.2, 0) is 11.2 Å². The van der Waals surface area contributed by atoms with E-state index in [0.717, 1.165) is 12.8 Å². The predicted octanol–water partition coefficient (Wildman–Crippen LogP) is 3.96. The number of carbonyl (C=O) groups is 2. The minimum Gasteiger partial charge on any atom is -0.341 e. The highest BCUT2D eigenvalue weighted by Crippen LogP contribution is 2.14. The van der Waals surface area contributed by atoms with Crippen LogP contribution in [0.3, 0.4) is 0 Å². The zero-order chi connectivity index (χ0) is 19.2. The summed E-state index contributed by atoms with van der Waals surface area (Å²) < 4.78 is 0. The number of rotatable bonds is 4. The van der Waals surface area contributed by atoms with Gasteiger partial charge in [-0.15, -0.1) is 0 Å². The lowest BCUT2D eigenvalue weighted by molar-refractivity contribution is -0.131. The van der Waals surface area contributed by atoms with Gasteiger partial charge in [0.25, 0.3) is 5.91 Å². The van der Waals surface area contributed by atoms with E-state index in [1.54, 1.807) is 24.3 Å². The largest absolute Gasteiger partial charge is 0.341 e. The fourth-order valence-corrected chi connectivity index (χ4v) is 3.44. The maximum Gasteiger partial charge on any atom is 0.253 e.